The highest BCUT2D eigenvalue weighted by atomic mass is 16.5. The first-order chi connectivity index (χ1) is 7.20. The zero-order valence-electron chi connectivity index (χ0n) is 9.36. The number of esters is 1. The van der Waals surface area contributed by atoms with Crippen molar-refractivity contribution in [1.29, 1.82) is 0 Å². The summed E-state index contributed by atoms with van der Waals surface area (Å²) in [5.74, 6) is -0.411. The molecule has 0 aliphatic heterocycles. The van der Waals surface area contributed by atoms with Crippen molar-refractivity contribution in [3.05, 3.63) is 12.2 Å². The Labute approximate surface area is 90.5 Å². The van der Waals surface area contributed by atoms with Crippen molar-refractivity contribution in [2.75, 3.05) is 7.11 Å². The number of hydrogen-bond donors (Lipinski definition) is 0. The summed E-state index contributed by atoms with van der Waals surface area (Å²) in [6.45, 7) is 2.05. The van der Waals surface area contributed by atoms with E-state index in [1.165, 1.54) is 7.11 Å². The minimum absolute atomic E-state index is 0.153. The second kappa shape index (κ2) is 5.69. The molecule has 0 spiro atoms. The molecule has 1 fully saturated rings. The standard InChI is InChI=1S/C12H18O3/c1-3-4-5-6-9-10(12(14)15-2)7-8-11(9)13/h4-5,9-10H,3,6-8H2,1-2H3/b5-4-/t9-,10-/m1/s1. The fourth-order valence-corrected chi connectivity index (χ4v) is 2.05. The maximum absolute atomic E-state index is 11.6. The summed E-state index contributed by atoms with van der Waals surface area (Å²) in [6.07, 6.45) is 6.82. The number of allylic oxidation sites excluding steroid dienone is 2. The Morgan fingerprint density at radius 2 is 2.27 bits per heavy atom. The Bertz CT molecular complexity index is 268. The number of rotatable bonds is 4. The van der Waals surface area contributed by atoms with E-state index in [9.17, 15) is 9.59 Å². The Hall–Kier alpha value is -1.12. The van der Waals surface area contributed by atoms with E-state index in [2.05, 4.69) is 0 Å². The van der Waals surface area contributed by atoms with E-state index >= 15 is 0 Å². The van der Waals surface area contributed by atoms with Crippen LogP contribution in [-0.4, -0.2) is 18.9 Å². The topological polar surface area (TPSA) is 43.4 Å². The lowest BCUT2D eigenvalue weighted by Gasteiger charge is -2.13. The summed E-state index contributed by atoms with van der Waals surface area (Å²) in [7, 11) is 1.38. The maximum Gasteiger partial charge on any atom is 0.309 e. The highest BCUT2D eigenvalue weighted by Crippen LogP contribution is 2.32. The lowest BCUT2D eigenvalue weighted by molar-refractivity contribution is -0.147. The third kappa shape index (κ3) is 2.91. The number of methoxy groups -OCH3 is 1. The van der Waals surface area contributed by atoms with Crippen LogP contribution in [0.4, 0.5) is 0 Å². The van der Waals surface area contributed by atoms with Gasteiger partial charge in [-0.1, -0.05) is 19.1 Å². The van der Waals surface area contributed by atoms with Gasteiger partial charge in [0, 0.05) is 12.3 Å². The van der Waals surface area contributed by atoms with E-state index in [4.69, 9.17) is 4.74 Å². The zero-order chi connectivity index (χ0) is 11.3. The first-order valence-corrected chi connectivity index (χ1v) is 5.46. The van der Waals surface area contributed by atoms with Crippen LogP contribution in [0.15, 0.2) is 12.2 Å². The average Bonchev–Trinajstić information content (AvgIpc) is 2.60. The van der Waals surface area contributed by atoms with E-state index in [0.29, 0.717) is 19.3 Å². The van der Waals surface area contributed by atoms with Gasteiger partial charge >= 0.3 is 5.97 Å². The average molecular weight is 210 g/mol. The third-order valence-corrected chi connectivity index (χ3v) is 2.90. The van der Waals surface area contributed by atoms with E-state index in [0.717, 1.165) is 6.42 Å². The van der Waals surface area contributed by atoms with Crippen molar-refractivity contribution in [2.45, 2.75) is 32.6 Å². The molecule has 0 aromatic carbocycles. The van der Waals surface area contributed by atoms with E-state index in [-0.39, 0.29) is 23.6 Å². The van der Waals surface area contributed by atoms with Gasteiger partial charge in [0.15, 0.2) is 0 Å². The predicted molar refractivity (Wildman–Crippen MR) is 57.3 cm³/mol. The van der Waals surface area contributed by atoms with Gasteiger partial charge in [-0.15, -0.1) is 0 Å². The molecule has 0 N–H and O–H groups in total. The number of ketones is 1. The van der Waals surface area contributed by atoms with Gasteiger partial charge in [-0.25, -0.2) is 0 Å². The first-order valence-electron chi connectivity index (χ1n) is 5.46. The summed E-state index contributed by atoms with van der Waals surface area (Å²) in [4.78, 5) is 23.0. The van der Waals surface area contributed by atoms with Gasteiger partial charge in [-0.3, -0.25) is 9.59 Å². The molecule has 0 saturated heterocycles. The molecule has 0 amide bonds. The molecule has 3 heteroatoms. The van der Waals surface area contributed by atoms with Gasteiger partial charge in [0.2, 0.25) is 0 Å². The van der Waals surface area contributed by atoms with Crippen LogP contribution in [0.2, 0.25) is 0 Å². The van der Waals surface area contributed by atoms with Crippen LogP contribution in [-0.2, 0) is 14.3 Å². The maximum atomic E-state index is 11.6. The molecule has 0 heterocycles. The molecule has 0 unspecified atom stereocenters. The van der Waals surface area contributed by atoms with Crippen molar-refractivity contribution >= 4 is 11.8 Å². The van der Waals surface area contributed by atoms with Gasteiger partial charge in [0.25, 0.3) is 0 Å². The SMILES string of the molecule is CC/C=C\C[C@H]1C(=O)CC[C@H]1C(=O)OC. The molecule has 1 aliphatic rings. The molecule has 0 aromatic heterocycles. The van der Waals surface area contributed by atoms with E-state index < -0.39 is 0 Å². The van der Waals surface area contributed by atoms with Gasteiger partial charge in [-0.2, -0.15) is 0 Å². The lowest BCUT2D eigenvalue weighted by atomic mass is 9.92. The molecule has 1 saturated carbocycles. The monoisotopic (exact) mass is 210 g/mol. The Morgan fingerprint density at radius 3 is 2.87 bits per heavy atom. The molecule has 84 valence electrons. The van der Waals surface area contributed by atoms with Crippen LogP contribution in [0.3, 0.4) is 0 Å². The normalized spacial score (nSPS) is 26.1. The summed E-state index contributed by atoms with van der Waals surface area (Å²) in [5, 5.41) is 0. The van der Waals surface area contributed by atoms with Crippen LogP contribution in [0.25, 0.3) is 0 Å². The van der Waals surface area contributed by atoms with Crippen LogP contribution >= 0.6 is 0 Å². The lowest BCUT2D eigenvalue weighted by Crippen LogP contribution is -2.23. The summed E-state index contributed by atoms with van der Waals surface area (Å²) in [6, 6.07) is 0. The third-order valence-electron chi connectivity index (χ3n) is 2.90. The molecule has 15 heavy (non-hydrogen) atoms. The first kappa shape index (κ1) is 12.0. The Balaban J connectivity index is 2.60. The van der Waals surface area contributed by atoms with Crippen molar-refractivity contribution < 1.29 is 14.3 Å². The number of ether oxygens (including phenoxy) is 1. The van der Waals surface area contributed by atoms with Crippen LogP contribution in [0.1, 0.15) is 32.6 Å². The fraction of sp³-hybridized carbons (Fsp3) is 0.667. The predicted octanol–water partition coefficient (Wildman–Crippen LogP) is 2.11. The highest BCUT2D eigenvalue weighted by molar-refractivity contribution is 5.90. The van der Waals surface area contributed by atoms with Crippen molar-refractivity contribution in [3.63, 3.8) is 0 Å². The van der Waals surface area contributed by atoms with Crippen LogP contribution in [0.5, 0.6) is 0 Å². The molecule has 1 rings (SSSR count). The van der Waals surface area contributed by atoms with Gasteiger partial charge < -0.3 is 4.74 Å². The number of carbonyl (C=O) groups is 2. The zero-order valence-corrected chi connectivity index (χ0v) is 9.36. The largest absolute Gasteiger partial charge is 0.469 e. The van der Waals surface area contributed by atoms with Gasteiger partial charge in [0.1, 0.15) is 5.78 Å². The quantitative estimate of drug-likeness (QED) is 0.527. The second-order valence-corrected chi connectivity index (χ2v) is 3.86. The Morgan fingerprint density at radius 1 is 1.53 bits per heavy atom. The van der Waals surface area contributed by atoms with Crippen molar-refractivity contribution in [1.82, 2.24) is 0 Å². The molecule has 3 nitrogen and oxygen atoms in total. The van der Waals surface area contributed by atoms with Gasteiger partial charge in [-0.05, 0) is 19.3 Å². The molecular weight excluding hydrogens is 192 g/mol. The van der Waals surface area contributed by atoms with E-state index in [1.807, 2.05) is 19.1 Å². The number of carbonyl (C=O) groups excluding carboxylic acids is 2. The number of hydrogen-bond acceptors (Lipinski definition) is 3. The summed E-state index contributed by atoms with van der Waals surface area (Å²) >= 11 is 0. The Kier molecular flexibility index (Phi) is 4.53. The minimum Gasteiger partial charge on any atom is -0.469 e. The van der Waals surface area contributed by atoms with Crippen LogP contribution < -0.4 is 0 Å². The van der Waals surface area contributed by atoms with E-state index in [1.54, 1.807) is 0 Å². The molecule has 0 radical (unpaired) electrons. The highest BCUT2D eigenvalue weighted by Gasteiger charge is 2.38. The summed E-state index contributed by atoms with van der Waals surface area (Å²) < 4.78 is 4.70. The van der Waals surface area contributed by atoms with Crippen LogP contribution in [0, 0.1) is 11.8 Å². The summed E-state index contributed by atoms with van der Waals surface area (Å²) in [5.41, 5.74) is 0. The van der Waals surface area contributed by atoms with Crippen molar-refractivity contribution in [2.24, 2.45) is 11.8 Å². The molecule has 2 atom stereocenters. The number of Topliss-reactive ketones (excluding diaryl/α,β-unsaturated/α-hetero) is 1. The minimum atomic E-state index is -0.240. The molecule has 0 bridgehead atoms. The molecular formula is C12H18O3. The molecule has 1 aliphatic carbocycles. The van der Waals surface area contributed by atoms with Gasteiger partial charge in [0.05, 0.1) is 13.0 Å². The fourth-order valence-electron chi connectivity index (χ4n) is 2.05. The van der Waals surface area contributed by atoms with Crippen molar-refractivity contribution in [3.8, 4) is 0 Å². The second-order valence-electron chi connectivity index (χ2n) is 3.86. The smallest absolute Gasteiger partial charge is 0.309 e. The molecule has 0 aromatic rings.